The van der Waals surface area contributed by atoms with Gasteiger partial charge in [-0.1, -0.05) is 138 Å². The van der Waals surface area contributed by atoms with Crippen molar-refractivity contribution >= 4 is 53.5 Å². The Kier molecular flexibility index (Phi) is 37.3. The van der Waals surface area contributed by atoms with E-state index in [1.165, 1.54) is 0 Å². The van der Waals surface area contributed by atoms with Crippen LogP contribution < -0.4 is 70.7 Å². The van der Waals surface area contributed by atoms with E-state index in [1.807, 2.05) is 17.3 Å². The molecule has 3 aromatic rings. The molecule has 0 spiro atoms. The van der Waals surface area contributed by atoms with Crippen LogP contribution >= 0.6 is 0 Å². The van der Waals surface area contributed by atoms with Crippen LogP contribution in [0.5, 0.6) is 0 Å². The fraction of sp³-hybridized carbons (Fsp3) is 0.755. The van der Waals surface area contributed by atoms with E-state index in [9.17, 15) is 0 Å². The number of hydrogen-bond donors (Lipinski definition) is 5. The van der Waals surface area contributed by atoms with Crippen LogP contribution in [0, 0.1) is 0 Å². The number of nitrogens with one attached hydrogen (secondary N) is 5. The van der Waals surface area contributed by atoms with Gasteiger partial charge in [-0.2, -0.15) is 44.9 Å². The molecule has 5 aliphatic heterocycles. The largest absolute Gasteiger partial charge is 0.341 e. The zero-order valence-electron chi connectivity index (χ0n) is 83.2. The lowest BCUT2D eigenvalue weighted by molar-refractivity contribution is 0.155. The van der Waals surface area contributed by atoms with Crippen molar-refractivity contribution in [3.05, 3.63) is 97.0 Å². The second kappa shape index (κ2) is 45.5. The standard InChI is InChI=1S/C102H171N23/c1-30-39-56-117(57-40-31-2)84-103-85(118(58-41-32-3)59-42-33-4)106-88(105-84)122(80-71-95(14,15)113-96(16,17)72-80)65-52-48-50-54-67-124(82-75-99(22,23)115-100(24,25)76-82)91-109-90(121(64-47-38-9)79-69-93(10,11)112-94(12,13)70-79)110-92(111-91)125(83-77-101(26,27)116-102(28,29)78-83)68-55-51-49-53-66-123(81-73-97(18,19)114-98(20,21)74-81)89-107-86(119(60-43-34-5)61-44-35-6)104-87(108-89)120(62-45-36-7)63-46-37-8/h56-58,60,79-83,112-116H,1-3,5,33,35-38,42,44-55,59,61-78H2,4,6-29H3. The number of anilines is 9. The normalized spacial score (nSPS) is 19.7. The van der Waals surface area contributed by atoms with E-state index in [-0.39, 0.29) is 85.6 Å². The van der Waals surface area contributed by atoms with E-state index in [0.29, 0.717) is 30.3 Å². The zero-order valence-corrected chi connectivity index (χ0v) is 83.2. The lowest BCUT2D eigenvalue weighted by Gasteiger charge is -2.51. The first-order valence-electron chi connectivity index (χ1n) is 48.4. The molecule has 0 radical (unpaired) electrons. The van der Waals surface area contributed by atoms with Crippen LogP contribution in [0.4, 0.5) is 53.5 Å². The number of hydrogen-bond acceptors (Lipinski definition) is 23. The third-order valence-electron chi connectivity index (χ3n) is 25.3. The minimum Gasteiger partial charge on any atom is -0.341 e. The molecule has 8 heterocycles. The molecule has 23 heteroatoms. The highest BCUT2D eigenvalue weighted by atomic mass is 15.4. The zero-order chi connectivity index (χ0) is 91.8. The molecule has 0 unspecified atom stereocenters. The maximum atomic E-state index is 6.07. The molecule has 8 rings (SSSR count). The van der Waals surface area contributed by atoms with Gasteiger partial charge in [0.15, 0.2) is 0 Å². The number of rotatable bonds is 47. The number of aromatic nitrogens is 9. The van der Waals surface area contributed by atoms with E-state index < -0.39 is 0 Å². The van der Waals surface area contributed by atoms with Gasteiger partial charge in [0.2, 0.25) is 53.5 Å². The van der Waals surface area contributed by atoms with Crippen molar-refractivity contribution in [2.24, 2.45) is 0 Å². The summed E-state index contributed by atoms with van der Waals surface area (Å²) in [5.41, 5.74) is 22.2. The van der Waals surface area contributed by atoms with Gasteiger partial charge in [-0.3, -0.25) is 4.90 Å². The van der Waals surface area contributed by atoms with Crippen LogP contribution in [0.1, 0.15) is 353 Å². The summed E-state index contributed by atoms with van der Waals surface area (Å²) in [6.07, 6.45) is 34.7. The van der Waals surface area contributed by atoms with E-state index in [2.05, 4.69) is 306 Å². The molecule has 5 N–H and O–H groups in total. The summed E-state index contributed by atoms with van der Waals surface area (Å²) in [6.45, 7) is 81.3. The number of piperidine rings is 5. The smallest absolute Gasteiger partial charge is 0.241 e. The molecule has 694 valence electrons. The molecule has 0 saturated carbocycles. The molecule has 0 aliphatic carbocycles. The summed E-state index contributed by atoms with van der Waals surface area (Å²) >= 11 is 0. The minimum atomic E-state index is -0.165. The molecule has 23 nitrogen and oxygen atoms in total. The van der Waals surface area contributed by atoms with E-state index in [0.717, 1.165) is 262 Å². The predicted octanol–water partition coefficient (Wildman–Crippen LogP) is 20.4. The topological polar surface area (TPSA) is 205 Å². The van der Waals surface area contributed by atoms with Gasteiger partial charge in [-0.25, -0.2) is 0 Å². The second-order valence-electron chi connectivity index (χ2n) is 43.6. The lowest BCUT2D eigenvalue weighted by atomic mass is 9.79. The summed E-state index contributed by atoms with van der Waals surface area (Å²) in [6, 6.07) is 0.760. The van der Waals surface area contributed by atoms with Crippen molar-refractivity contribution in [3.63, 3.8) is 0 Å². The second-order valence-corrected chi connectivity index (χ2v) is 43.6. The highest BCUT2D eigenvalue weighted by molar-refractivity contribution is 5.54. The highest BCUT2D eigenvalue weighted by Gasteiger charge is 2.48. The highest BCUT2D eigenvalue weighted by Crippen LogP contribution is 2.42. The summed E-state index contributed by atoms with van der Waals surface area (Å²) in [5.74, 6) is 6.08. The van der Waals surface area contributed by atoms with Crippen molar-refractivity contribution in [3.8, 4) is 0 Å². The Bertz CT molecular complexity index is 4170. The summed E-state index contributed by atoms with van der Waals surface area (Å²) in [5, 5.41) is 20.2. The Balaban J connectivity index is 1.22. The van der Waals surface area contributed by atoms with Crippen LogP contribution in [0.15, 0.2) is 97.0 Å². The first-order valence-corrected chi connectivity index (χ1v) is 48.4. The van der Waals surface area contributed by atoms with Crippen molar-refractivity contribution in [1.29, 1.82) is 0 Å². The van der Waals surface area contributed by atoms with Crippen LogP contribution in [0.25, 0.3) is 0 Å². The Morgan fingerprint density at radius 2 is 0.440 bits per heavy atom. The summed E-state index contributed by atoms with van der Waals surface area (Å²) in [4.78, 5) is 71.9. The molecule has 5 fully saturated rings. The summed E-state index contributed by atoms with van der Waals surface area (Å²) < 4.78 is 0. The maximum Gasteiger partial charge on any atom is 0.241 e. The minimum absolute atomic E-state index is 0.101. The Morgan fingerprint density at radius 1 is 0.248 bits per heavy atom. The average molecular weight is 1720 g/mol. The third kappa shape index (κ3) is 31.8. The molecule has 0 bridgehead atoms. The predicted molar refractivity (Wildman–Crippen MR) is 528 cm³/mol. The SMILES string of the molecule is C=C=C=CN(C=C=C=C)c1nc(N(C=C=C=C)CCCC)nc(N(CCCCCCN(c2nc(N(CCCC)C3CC(C)(C)NC(C)(C)C3)nc(N(CCCCCCN(c3nc(N(C=C=C=C)CCCC)nc(N(CCCC)CCCC)n3)C3CC(C)(C)NC(C)(C)C3)C3CC(C)(C)NC(C)(C)C3)n2)C2CC(C)(C)NC(C)(C)C2)C2CC(C)(C)NC(C)(C)C2)n1. The van der Waals surface area contributed by atoms with Crippen molar-refractivity contribution < 1.29 is 0 Å². The van der Waals surface area contributed by atoms with Gasteiger partial charge in [0, 0.05) is 145 Å². The van der Waals surface area contributed by atoms with Gasteiger partial charge in [0.05, 0.1) is 24.8 Å². The number of nitrogens with zero attached hydrogens (tertiary/aromatic N) is 18. The average Bonchev–Trinajstić information content (AvgIpc) is 0.769. The van der Waals surface area contributed by atoms with Gasteiger partial charge in [-0.15, -0.1) is 0 Å². The summed E-state index contributed by atoms with van der Waals surface area (Å²) in [7, 11) is 0. The van der Waals surface area contributed by atoms with Gasteiger partial charge in [-0.05, 0) is 287 Å². The van der Waals surface area contributed by atoms with E-state index in [4.69, 9.17) is 44.9 Å². The van der Waals surface area contributed by atoms with Crippen LogP contribution in [-0.4, -0.2) is 189 Å². The monoisotopic (exact) mass is 1720 g/mol. The Hall–Kier alpha value is -7.77. The van der Waals surface area contributed by atoms with E-state index in [1.54, 1.807) is 17.3 Å². The maximum absolute atomic E-state index is 6.07. The quantitative estimate of drug-likeness (QED) is 0.0263. The van der Waals surface area contributed by atoms with Crippen molar-refractivity contribution in [1.82, 2.24) is 71.4 Å². The first kappa shape index (κ1) is 103. The fourth-order valence-electron chi connectivity index (χ4n) is 21.8. The first-order chi connectivity index (χ1) is 58.8. The Labute approximate surface area is 759 Å². The van der Waals surface area contributed by atoms with Gasteiger partial charge < -0.3 is 65.8 Å². The molecule has 5 saturated heterocycles. The molecule has 0 amide bonds. The Morgan fingerprint density at radius 3 is 0.688 bits per heavy atom. The van der Waals surface area contributed by atoms with Crippen LogP contribution in [0.2, 0.25) is 0 Å². The van der Waals surface area contributed by atoms with E-state index >= 15 is 0 Å². The fourth-order valence-corrected chi connectivity index (χ4v) is 21.8. The lowest BCUT2D eigenvalue weighted by Crippen LogP contribution is -2.63. The molecule has 0 atom stereocenters. The van der Waals surface area contributed by atoms with Crippen molar-refractivity contribution in [2.75, 3.05) is 103 Å². The third-order valence-corrected chi connectivity index (χ3v) is 25.3. The molecule has 125 heavy (non-hydrogen) atoms. The molecule has 3 aromatic heterocycles. The van der Waals surface area contributed by atoms with Gasteiger partial charge >= 0.3 is 0 Å². The number of unbranched alkanes of at least 4 members (excludes halogenated alkanes) is 11. The molecule has 5 aliphatic rings. The van der Waals surface area contributed by atoms with Crippen LogP contribution in [-0.2, 0) is 0 Å². The molecular formula is C102H171N23. The van der Waals surface area contributed by atoms with Crippen LogP contribution in [0.3, 0.4) is 0 Å². The van der Waals surface area contributed by atoms with Crippen molar-refractivity contribution in [2.45, 2.75) is 438 Å². The molecular weight excluding hydrogens is 1550 g/mol. The van der Waals surface area contributed by atoms with Gasteiger partial charge in [0.25, 0.3) is 0 Å². The van der Waals surface area contributed by atoms with Gasteiger partial charge in [0.1, 0.15) is 0 Å². The molecule has 0 aromatic carbocycles.